The molecule has 0 aliphatic rings. The molecule has 1 rings (SSSR count). The summed E-state index contributed by atoms with van der Waals surface area (Å²) in [7, 11) is 0. The lowest BCUT2D eigenvalue weighted by Crippen LogP contribution is -1.96. The summed E-state index contributed by atoms with van der Waals surface area (Å²) < 4.78 is 0. The molecule has 0 heterocycles. The summed E-state index contributed by atoms with van der Waals surface area (Å²) in [6.07, 6.45) is 1.86. The number of carbonyl (C=O) groups excluding carboxylic acids is 1. The van der Waals surface area contributed by atoms with Crippen molar-refractivity contribution in [2.24, 2.45) is 5.73 Å². The maximum atomic E-state index is 10.2. The van der Waals surface area contributed by atoms with E-state index in [0.717, 1.165) is 0 Å². The first-order chi connectivity index (χ1) is 6.13. The standard InChI is InChI=1S/C9H8ClNO2/c10-7-1-2-9(13)6(3-7)4-8(11)5-12/h1-5,13H,11H2. The van der Waals surface area contributed by atoms with Gasteiger partial charge in [-0.2, -0.15) is 0 Å². The van der Waals surface area contributed by atoms with E-state index in [0.29, 0.717) is 16.9 Å². The van der Waals surface area contributed by atoms with Gasteiger partial charge in [0.1, 0.15) is 5.75 Å². The van der Waals surface area contributed by atoms with Crippen LogP contribution in [0.1, 0.15) is 5.56 Å². The van der Waals surface area contributed by atoms with E-state index in [1.165, 1.54) is 18.2 Å². The van der Waals surface area contributed by atoms with Crippen LogP contribution >= 0.6 is 11.6 Å². The molecule has 0 atom stereocenters. The molecule has 0 bridgehead atoms. The first kappa shape index (κ1) is 9.61. The SMILES string of the molecule is NC(C=O)=Cc1cc(Cl)ccc1O. The molecule has 1 aromatic carbocycles. The van der Waals surface area contributed by atoms with Crippen LogP contribution in [0.2, 0.25) is 5.02 Å². The van der Waals surface area contributed by atoms with E-state index in [2.05, 4.69) is 0 Å². The van der Waals surface area contributed by atoms with Crippen LogP contribution in [0.25, 0.3) is 6.08 Å². The molecule has 0 aliphatic heterocycles. The molecule has 0 saturated carbocycles. The van der Waals surface area contributed by atoms with Crippen LogP contribution in [0.15, 0.2) is 23.9 Å². The monoisotopic (exact) mass is 197 g/mol. The third-order valence-corrected chi connectivity index (χ3v) is 1.68. The molecule has 3 nitrogen and oxygen atoms in total. The lowest BCUT2D eigenvalue weighted by atomic mass is 10.2. The zero-order chi connectivity index (χ0) is 9.84. The van der Waals surface area contributed by atoms with Crippen LogP contribution in [0.4, 0.5) is 0 Å². The molecule has 68 valence electrons. The van der Waals surface area contributed by atoms with E-state index in [1.807, 2.05) is 0 Å². The van der Waals surface area contributed by atoms with Gasteiger partial charge in [-0.15, -0.1) is 0 Å². The van der Waals surface area contributed by atoms with Gasteiger partial charge < -0.3 is 10.8 Å². The van der Waals surface area contributed by atoms with Crippen molar-refractivity contribution in [3.63, 3.8) is 0 Å². The normalized spacial score (nSPS) is 11.3. The van der Waals surface area contributed by atoms with Gasteiger partial charge in [0.15, 0.2) is 6.29 Å². The molecule has 0 unspecified atom stereocenters. The van der Waals surface area contributed by atoms with E-state index in [-0.39, 0.29) is 11.4 Å². The second kappa shape index (κ2) is 3.96. The first-order valence-corrected chi connectivity index (χ1v) is 3.92. The van der Waals surface area contributed by atoms with Gasteiger partial charge in [-0.1, -0.05) is 11.6 Å². The predicted molar refractivity (Wildman–Crippen MR) is 51.3 cm³/mol. The Balaban J connectivity index is 3.13. The summed E-state index contributed by atoms with van der Waals surface area (Å²) in [5.74, 6) is 0.0363. The number of phenolic OH excluding ortho intramolecular Hbond substituents is 1. The van der Waals surface area contributed by atoms with E-state index < -0.39 is 0 Å². The second-order valence-electron chi connectivity index (χ2n) is 2.47. The molecule has 3 N–H and O–H groups in total. The summed E-state index contributed by atoms with van der Waals surface area (Å²) in [6, 6.07) is 4.50. The number of carbonyl (C=O) groups is 1. The van der Waals surface area contributed by atoms with Gasteiger partial charge in [-0.3, -0.25) is 4.79 Å². The Hall–Kier alpha value is -1.48. The average molecular weight is 198 g/mol. The van der Waals surface area contributed by atoms with E-state index in [9.17, 15) is 9.90 Å². The van der Waals surface area contributed by atoms with Gasteiger partial charge in [-0.05, 0) is 24.3 Å². The number of aromatic hydroxyl groups is 1. The highest BCUT2D eigenvalue weighted by Crippen LogP contribution is 2.22. The summed E-state index contributed by atoms with van der Waals surface area (Å²) >= 11 is 5.67. The van der Waals surface area contributed by atoms with Crippen LogP contribution < -0.4 is 5.73 Å². The predicted octanol–water partition coefficient (Wildman–Crippen LogP) is 1.54. The van der Waals surface area contributed by atoms with Crippen molar-refractivity contribution in [2.75, 3.05) is 0 Å². The molecule has 0 radical (unpaired) electrons. The Morgan fingerprint density at radius 1 is 1.54 bits per heavy atom. The minimum absolute atomic E-state index is 0.0363. The lowest BCUT2D eigenvalue weighted by molar-refractivity contribution is -0.104. The number of nitrogens with two attached hydrogens (primary N) is 1. The van der Waals surface area contributed by atoms with Gasteiger partial charge in [0.2, 0.25) is 0 Å². The molecule has 13 heavy (non-hydrogen) atoms. The van der Waals surface area contributed by atoms with E-state index >= 15 is 0 Å². The Kier molecular flexibility index (Phi) is 2.93. The number of rotatable bonds is 2. The number of aldehydes is 1. The number of hydrogen-bond acceptors (Lipinski definition) is 3. The largest absolute Gasteiger partial charge is 0.507 e. The first-order valence-electron chi connectivity index (χ1n) is 3.54. The van der Waals surface area contributed by atoms with Crippen LogP contribution in [0, 0.1) is 0 Å². The van der Waals surface area contributed by atoms with Crippen LogP contribution in [0.5, 0.6) is 5.75 Å². The maximum Gasteiger partial charge on any atom is 0.165 e. The highest BCUT2D eigenvalue weighted by atomic mass is 35.5. The molecule has 0 aromatic heterocycles. The van der Waals surface area contributed by atoms with Gasteiger partial charge in [0.25, 0.3) is 0 Å². The van der Waals surface area contributed by atoms with Crippen molar-refractivity contribution in [3.05, 3.63) is 34.5 Å². The number of phenols is 1. The smallest absolute Gasteiger partial charge is 0.165 e. The minimum atomic E-state index is 0.0363. The molecule has 1 aromatic rings. The van der Waals surface area contributed by atoms with Crippen LogP contribution in [-0.4, -0.2) is 11.4 Å². The molecule has 0 amide bonds. The fourth-order valence-electron chi connectivity index (χ4n) is 0.855. The molecular formula is C9H8ClNO2. The van der Waals surface area contributed by atoms with Crippen molar-refractivity contribution < 1.29 is 9.90 Å². The molecular weight excluding hydrogens is 190 g/mol. The van der Waals surface area contributed by atoms with Gasteiger partial charge >= 0.3 is 0 Å². The van der Waals surface area contributed by atoms with Crippen LogP contribution in [-0.2, 0) is 4.79 Å². The summed E-state index contributed by atoms with van der Waals surface area (Å²) in [4.78, 5) is 10.2. The Bertz CT molecular complexity index is 361. The minimum Gasteiger partial charge on any atom is -0.507 e. The third kappa shape index (κ3) is 2.49. The van der Waals surface area contributed by atoms with Crippen molar-refractivity contribution in [1.82, 2.24) is 0 Å². The quantitative estimate of drug-likeness (QED) is 0.559. The van der Waals surface area contributed by atoms with Crippen molar-refractivity contribution in [1.29, 1.82) is 0 Å². The number of benzene rings is 1. The van der Waals surface area contributed by atoms with Gasteiger partial charge in [0, 0.05) is 10.6 Å². The van der Waals surface area contributed by atoms with Gasteiger partial charge in [0.05, 0.1) is 5.70 Å². The number of allylic oxidation sites excluding steroid dienone is 1. The zero-order valence-electron chi connectivity index (χ0n) is 6.70. The number of halogens is 1. The average Bonchev–Trinajstić information content (AvgIpc) is 2.11. The van der Waals surface area contributed by atoms with Crippen molar-refractivity contribution in [3.8, 4) is 5.75 Å². The lowest BCUT2D eigenvalue weighted by Gasteiger charge is -1.99. The Labute approximate surface area is 80.4 Å². The topological polar surface area (TPSA) is 63.3 Å². The van der Waals surface area contributed by atoms with E-state index in [4.69, 9.17) is 17.3 Å². The summed E-state index contributed by atoms with van der Waals surface area (Å²) in [5.41, 5.74) is 5.73. The Morgan fingerprint density at radius 3 is 2.85 bits per heavy atom. The third-order valence-electron chi connectivity index (χ3n) is 1.45. The zero-order valence-corrected chi connectivity index (χ0v) is 7.45. The molecule has 4 heteroatoms. The van der Waals surface area contributed by atoms with E-state index in [1.54, 1.807) is 6.07 Å². The Morgan fingerprint density at radius 2 is 2.23 bits per heavy atom. The highest BCUT2D eigenvalue weighted by molar-refractivity contribution is 6.30. The van der Waals surface area contributed by atoms with Crippen molar-refractivity contribution >= 4 is 24.0 Å². The molecule has 0 aliphatic carbocycles. The van der Waals surface area contributed by atoms with Crippen molar-refractivity contribution in [2.45, 2.75) is 0 Å². The van der Waals surface area contributed by atoms with Gasteiger partial charge in [-0.25, -0.2) is 0 Å². The fraction of sp³-hybridized carbons (Fsp3) is 0. The number of hydrogen-bond donors (Lipinski definition) is 2. The van der Waals surface area contributed by atoms with Crippen LogP contribution in [0.3, 0.4) is 0 Å². The fourth-order valence-corrected chi connectivity index (χ4v) is 1.04. The summed E-state index contributed by atoms with van der Waals surface area (Å²) in [6.45, 7) is 0. The molecule has 0 saturated heterocycles. The second-order valence-corrected chi connectivity index (χ2v) is 2.90. The molecule has 0 spiro atoms. The maximum absolute atomic E-state index is 10.2. The molecule has 0 fully saturated rings. The highest BCUT2D eigenvalue weighted by Gasteiger charge is 1.99. The summed E-state index contributed by atoms with van der Waals surface area (Å²) in [5, 5.41) is 9.78.